The minimum atomic E-state index is -0.488. The third kappa shape index (κ3) is 4.59. The Labute approximate surface area is 206 Å². The van der Waals surface area contributed by atoms with Crippen LogP contribution in [0.15, 0.2) is 96.1 Å². The van der Waals surface area contributed by atoms with Crippen molar-refractivity contribution in [3.63, 3.8) is 0 Å². The van der Waals surface area contributed by atoms with Gasteiger partial charge >= 0.3 is 0 Å². The molecule has 34 heavy (non-hydrogen) atoms. The molecule has 0 fully saturated rings. The van der Waals surface area contributed by atoms with Crippen molar-refractivity contribution in [2.24, 2.45) is 0 Å². The zero-order valence-electron chi connectivity index (χ0n) is 17.8. The molecule has 0 aliphatic rings. The number of anilines is 1. The summed E-state index contributed by atoms with van der Waals surface area (Å²) < 4.78 is 1.75. The Balaban J connectivity index is 0.00000274. The average Bonchev–Trinajstić information content (AvgIpc) is 3.53. The van der Waals surface area contributed by atoms with Crippen molar-refractivity contribution in [1.29, 1.82) is 5.26 Å². The number of nitrogens with one attached hydrogen (secondary N) is 1. The summed E-state index contributed by atoms with van der Waals surface area (Å²) in [5.74, 6) is -0.488. The first kappa shape index (κ1) is 22.9. The molecule has 0 atom stereocenters. The summed E-state index contributed by atoms with van der Waals surface area (Å²) in [6, 6.07) is 24.8. The van der Waals surface area contributed by atoms with Crippen LogP contribution in [0.2, 0.25) is 0 Å². The lowest BCUT2D eigenvalue weighted by molar-refractivity contribution is -0.112. The Kier molecular flexibility index (Phi) is 6.83. The molecule has 3 heterocycles. The van der Waals surface area contributed by atoms with Crippen LogP contribution in [0.25, 0.3) is 33.2 Å². The van der Waals surface area contributed by atoms with Crippen molar-refractivity contribution in [3.8, 4) is 22.3 Å². The number of hydrogen-bond donors (Lipinski definition) is 1. The second kappa shape index (κ2) is 10.1. The molecular weight excluding hydrogens is 466 g/mol. The summed E-state index contributed by atoms with van der Waals surface area (Å²) in [6.45, 7) is 0. The first-order valence-corrected chi connectivity index (χ1v) is 11.1. The van der Waals surface area contributed by atoms with Gasteiger partial charge in [-0.3, -0.25) is 9.78 Å². The van der Waals surface area contributed by atoms with Gasteiger partial charge < -0.3 is 5.32 Å². The van der Waals surface area contributed by atoms with Crippen molar-refractivity contribution < 1.29 is 4.79 Å². The Morgan fingerprint density at radius 3 is 2.65 bits per heavy atom. The fourth-order valence-corrected chi connectivity index (χ4v) is 4.25. The maximum Gasteiger partial charge on any atom is 0.266 e. The van der Waals surface area contributed by atoms with Gasteiger partial charge in [0.25, 0.3) is 5.91 Å². The molecule has 0 bridgehead atoms. The number of pyridine rings is 1. The van der Waals surface area contributed by atoms with E-state index >= 15 is 0 Å². The summed E-state index contributed by atoms with van der Waals surface area (Å²) >= 11 is 1.55. The van der Waals surface area contributed by atoms with Gasteiger partial charge in [0.2, 0.25) is 0 Å². The second-order valence-corrected chi connectivity index (χ2v) is 8.14. The van der Waals surface area contributed by atoms with Gasteiger partial charge in [-0.1, -0.05) is 30.3 Å². The van der Waals surface area contributed by atoms with Crippen molar-refractivity contribution in [3.05, 3.63) is 102 Å². The molecule has 0 radical (unpaired) electrons. The molecule has 166 valence electrons. The molecule has 0 saturated carbocycles. The van der Waals surface area contributed by atoms with Gasteiger partial charge in [0.15, 0.2) is 0 Å². The molecule has 0 saturated heterocycles. The van der Waals surface area contributed by atoms with Crippen LogP contribution in [0.4, 0.5) is 5.69 Å². The molecule has 8 heteroatoms. The minimum Gasteiger partial charge on any atom is -0.321 e. The van der Waals surface area contributed by atoms with Gasteiger partial charge in [0, 0.05) is 23.3 Å². The van der Waals surface area contributed by atoms with Gasteiger partial charge in [-0.2, -0.15) is 10.4 Å². The highest BCUT2D eigenvalue weighted by Crippen LogP contribution is 2.29. The maximum atomic E-state index is 13.0. The predicted octanol–water partition coefficient (Wildman–Crippen LogP) is 6.12. The molecule has 0 unspecified atom stereocenters. The summed E-state index contributed by atoms with van der Waals surface area (Å²) in [5.41, 5.74) is 3.64. The highest BCUT2D eigenvalue weighted by molar-refractivity contribution is 7.13. The molecule has 6 nitrogen and oxygen atoms in total. The monoisotopic (exact) mass is 483 g/mol. The molecule has 2 aromatic carbocycles. The first-order valence-electron chi connectivity index (χ1n) is 10.2. The van der Waals surface area contributed by atoms with E-state index in [0.29, 0.717) is 16.9 Å². The highest BCUT2D eigenvalue weighted by atomic mass is 35.5. The van der Waals surface area contributed by atoms with E-state index < -0.39 is 5.91 Å². The number of nitriles is 1. The second-order valence-electron chi connectivity index (χ2n) is 7.19. The third-order valence-corrected chi connectivity index (χ3v) is 5.95. The average molecular weight is 484 g/mol. The van der Waals surface area contributed by atoms with Gasteiger partial charge in [-0.15, -0.1) is 23.7 Å². The SMILES string of the molecule is Cl.N#CC(=Cc1cn(-c2ccccc2)nc1-c1cccs1)C(=O)Nc1cccc2ncccc12. The number of carbonyl (C=O) groups is 1. The minimum absolute atomic E-state index is 0. The normalized spacial score (nSPS) is 11.0. The van der Waals surface area contributed by atoms with Crippen molar-refractivity contribution in [2.75, 3.05) is 5.32 Å². The van der Waals surface area contributed by atoms with E-state index in [4.69, 9.17) is 5.10 Å². The number of halogens is 1. The molecule has 5 aromatic rings. The number of para-hydroxylation sites is 1. The number of thiophene rings is 1. The van der Waals surface area contributed by atoms with Crippen LogP contribution in [0.1, 0.15) is 5.56 Å². The zero-order chi connectivity index (χ0) is 22.6. The van der Waals surface area contributed by atoms with E-state index in [9.17, 15) is 10.1 Å². The number of nitrogens with zero attached hydrogens (tertiary/aromatic N) is 4. The molecule has 0 aliphatic carbocycles. The van der Waals surface area contributed by atoms with Gasteiger partial charge in [0.05, 0.1) is 21.8 Å². The molecule has 3 aromatic heterocycles. The molecule has 5 rings (SSSR count). The number of benzene rings is 2. The van der Waals surface area contributed by atoms with Crippen LogP contribution in [-0.4, -0.2) is 20.7 Å². The number of amides is 1. The number of aromatic nitrogens is 3. The van der Waals surface area contributed by atoms with Crippen LogP contribution < -0.4 is 5.32 Å². The lowest BCUT2D eigenvalue weighted by atomic mass is 10.1. The number of hydrogen-bond acceptors (Lipinski definition) is 5. The largest absolute Gasteiger partial charge is 0.321 e. The zero-order valence-corrected chi connectivity index (χ0v) is 19.4. The van der Waals surface area contributed by atoms with Crippen LogP contribution >= 0.6 is 23.7 Å². The highest BCUT2D eigenvalue weighted by Gasteiger charge is 2.16. The van der Waals surface area contributed by atoms with Crippen LogP contribution in [0, 0.1) is 11.3 Å². The van der Waals surface area contributed by atoms with Gasteiger partial charge in [-0.05, 0) is 53.9 Å². The Morgan fingerprint density at radius 1 is 1.03 bits per heavy atom. The topological polar surface area (TPSA) is 83.6 Å². The lowest BCUT2D eigenvalue weighted by Crippen LogP contribution is -2.13. The summed E-state index contributed by atoms with van der Waals surface area (Å²) in [5, 5.41) is 20.1. The van der Waals surface area contributed by atoms with Crippen LogP contribution in [0.5, 0.6) is 0 Å². The summed E-state index contributed by atoms with van der Waals surface area (Å²) in [6.07, 6.45) is 5.11. The van der Waals surface area contributed by atoms with Crippen molar-refractivity contribution in [1.82, 2.24) is 14.8 Å². The molecule has 0 spiro atoms. The quantitative estimate of drug-likeness (QED) is 0.241. The van der Waals surface area contributed by atoms with Gasteiger partial charge in [0.1, 0.15) is 17.3 Å². The summed E-state index contributed by atoms with van der Waals surface area (Å²) in [4.78, 5) is 18.3. The van der Waals surface area contributed by atoms with Crippen molar-refractivity contribution in [2.45, 2.75) is 0 Å². The number of carbonyl (C=O) groups excluding carboxylic acids is 1. The number of fused-ring (bicyclic) bond motifs is 1. The van der Waals surface area contributed by atoms with Crippen LogP contribution in [-0.2, 0) is 4.79 Å². The molecule has 1 amide bonds. The maximum absolute atomic E-state index is 13.0. The first-order chi connectivity index (χ1) is 16.2. The van der Waals surface area contributed by atoms with E-state index in [1.54, 1.807) is 34.4 Å². The van der Waals surface area contributed by atoms with E-state index in [-0.39, 0.29) is 18.0 Å². The fourth-order valence-electron chi connectivity index (χ4n) is 3.52. The number of rotatable bonds is 5. The van der Waals surface area contributed by atoms with Gasteiger partial charge in [-0.25, -0.2) is 4.68 Å². The Morgan fingerprint density at radius 2 is 1.88 bits per heavy atom. The Hall–Kier alpha value is -4.25. The standard InChI is InChI=1S/C26H17N5OS.ClH/c27-16-18(26(32)29-23-11-4-10-22-21(23)9-5-13-28-22)15-19-17-31(20-7-2-1-3-8-20)30-25(19)24-12-6-14-33-24;/h1-15,17H,(H,29,32);1H. The predicted molar refractivity (Wildman–Crippen MR) is 138 cm³/mol. The van der Waals surface area contributed by atoms with Crippen molar-refractivity contribution >= 4 is 52.3 Å². The third-order valence-electron chi connectivity index (χ3n) is 5.08. The van der Waals surface area contributed by atoms with E-state index in [0.717, 1.165) is 21.5 Å². The fraction of sp³-hybridized carbons (Fsp3) is 0. The van der Waals surface area contributed by atoms with Crippen LogP contribution in [0.3, 0.4) is 0 Å². The van der Waals surface area contributed by atoms with E-state index in [2.05, 4.69) is 10.3 Å². The molecule has 1 N–H and O–H groups in total. The molecule has 0 aliphatic heterocycles. The van der Waals surface area contributed by atoms with E-state index in [1.165, 1.54) is 0 Å². The molecular formula is C26H18ClN5OS. The van der Waals surface area contributed by atoms with E-state index in [1.807, 2.05) is 84.4 Å². The summed E-state index contributed by atoms with van der Waals surface area (Å²) in [7, 11) is 0. The lowest BCUT2D eigenvalue weighted by Gasteiger charge is -2.07. The smallest absolute Gasteiger partial charge is 0.266 e. The Bertz CT molecular complexity index is 1510.